The van der Waals surface area contributed by atoms with Crippen molar-refractivity contribution in [2.45, 2.75) is 120 Å². The van der Waals surface area contributed by atoms with Gasteiger partial charge < -0.3 is 0 Å². The summed E-state index contributed by atoms with van der Waals surface area (Å²) in [7, 11) is 0. The van der Waals surface area contributed by atoms with Crippen molar-refractivity contribution in [1.82, 2.24) is 0 Å². The van der Waals surface area contributed by atoms with Crippen molar-refractivity contribution >= 4 is 0 Å². The highest BCUT2D eigenvalue weighted by molar-refractivity contribution is 5.29. The molecule has 26 heavy (non-hydrogen) atoms. The first-order chi connectivity index (χ1) is 11.7. The van der Waals surface area contributed by atoms with Crippen LogP contribution in [-0.4, -0.2) is 0 Å². The molecule has 0 spiro atoms. The molecule has 0 aromatic carbocycles. The topological polar surface area (TPSA) is 0 Å². The first kappa shape index (κ1) is 23.5. The zero-order valence-corrected chi connectivity index (χ0v) is 16.8. The van der Waals surface area contributed by atoms with Gasteiger partial charge in [0.05, 0.1) is 0 Å². The minimum atomic E-state index is 0. The molecule has 0 bridgehead atoms. The van der Waals surface area contributed by atoms with E-state index in [1.54, 1.807) is 0 Å². The van der Waals surface area contributed by atoms with E-state index in [0.29, 0.717) is 5.41 Å². The van der Waals surface area contributed by atoms with E-state index >= 15 is 0 Å². The molecule has 2 fully saturated rings. The molecule has 4 unspecified atom stereocenters. The van der Waals surface area contributed by atoms with E-state index in [-0.39, 0.29) is 14.9 Å². The van der Waals surface area contributed by atoms with Crippen molar-refractivity contribution in [1.29, 1.82) is 0 Å². The lowest BCUT2D eigenvalue weighted by molar-refractivity contribution is 0.0615. The van der Waals surface area contributed by atoms with Gasteiger partial charge in [0.25, 0.3) is 0 Å². The normalized spacial score (nSPS) is 34.8. The number of fused-ring (bicyclic) bond motifs is 3. The van der Waals surface area contributed by atoms with Crippen LogP contribution in [0, 0.1) is 23.2 Å². The van der Waals surface area contributed by atoms with Gasteiger partial charge in [-0.15, -0.1) is 0 Å². The Kier molecular flexibility index (Phi) is 9.17. The SMILES string of the molecule is C.C.CCC/C=C1/CCC2C3CCC(CCC)=C(CCC)C3CCC12C. The minimum absolute atomic E-state index is 0. The number of hydrogen-bond acceptors (Lipinski definition) is 0. The summed E-state index contributed by atoms with van der Waals surface area (Å²) in [6.45, 7) is 9.70. The standard InChI is InChI=1S/C24H40.2CH4/c1-5-8-11-19-13-15-23-22-14-12-18(9-6-2)20(10-7-3)21(22)16-17-24(19,23)4;;/h11,21-23H,5-10,12-17H2,1-4H3;2*1H4/b19-11-;;. The maximum atomic E-state index is 2.63. The number of rotatable bonds is 6. The minimum Gasteiger partial charge on any atom is -0.0848 e. The van der Waals surface area contributed by atoms with E-state index in [9.17, 15) is 0 Å². The first-order valence-corrected chi connectivity index (χ1v) is 11.1. The smallest absolute Gasteiger partial charge is 0.00850 e. The van der Waals surface area contributed by atoms with Crippen molar-refractivity contribution in [3.05, 3.63) is 22.8 Å². The molecule has 0 aliphatic heterocycles. The van der Waals surface area contributed by atoms with Crippen LogP contribution in [0.3, 0.4) is 0 Å². The van der Waals surface area contributed by atoms with Gasteiger partial charge in [-0.3, -0.25) is 0 Å². The Bertz CT molecular complexity index is 494. The van der Waals surface area contributed by atoms with Gasteiger partial charge in [-0.2, -0.15) is 0 Å². The fraction of sp³-hybridized carbons (Fsp3) is 0.846. The highest BCUT2D eigenvalue weighted by Crippen LogP contribution is 2.62. The van der Waals surface area contributed by atoms with E-state index in [4.69, 9.17) is 0 Å². The van der Waals surface area contributed by atoms with Crippen molar-refractivity contribution in [3.8, 4) is 0 Å². The van der Waals surface area contributed by atoms with Gasteiger partial charge in [-0.25, -0.2) is 0 Å². The third kappa shape index (κ3) is 4.15. The highest BCUT2D eigenvalue weighted by Gasteiger charge is 2.52. The third-order valence-corrected chi connectivity index (χ3v) is 7.72. The molecular formula is C26H48. The molecular weight excluding hydrogens is 312 g/mol. The third-order valence-electron chi connectivity index (χ3n) is 7.72. The van der Waals surface area contributed by atoms with Gasteiger partial charge in [0, 0.05) is 0 Å². The summed E-state index contributed by atoms with van der Waals surface area (Å²) < 4.78 is 0. The van der Waals surface area contributed by atoms with Crippen molar-refractivity contribution in [3.63, 3.8) is 0 Å². The van der Waals surface area contributed by atoms with Crippen LogP contribution < -0.4 is 0 Å². The van der Waals surface area contributed by atoms with Crippen LogP contribution in [0.5, 0.6) is 0 Å². The Hall–Kier alpha value is -0.520. The zero-order valence-electron chi connectivity index (χ0n) is 16.8. The van der Waals surface area contributed by atoms with Gasteiger partial charge in [-0.1, -0.05) is 84.6 Å². The molecule has 0 aromatic heterocycles. The Morgan fingerprint density at radius 1 is 0.923 bits per heavy atom. The predicted octanol–water partition coefficient (Wildman–Crippen LogP) is 9.12. The molecule has 0 saturated heterocycles. The summed E-state index contributed by atoms with van der Waals surface area (Å²) in [4.78, 5) is 0. The summed E-state index contributed by atoms with van der Waals surface area (Å²) in [5, 5.41) is 0. The molecule has 0 nitrogen and oxygen atoms in total. The second kappa shape index (κ2) is 10.1. The number of allylic oxidation sites excluding steroid dienone is 4. The van der Waals surface area contributed by atoms with E-state index in [0.717, 1.165) is 17.8 Å². The van der Waals surface area contributed by atoms with E-state index in [1.165, 1.54) is 77.0 Å². The van der Waals surface area contributed by atoms with Crippen LogP contribution in [-0.2, 0) is 0 Å². The molecule has 0 aromatic rings. The molecule has 2 saturated carbocycles. The van der Waals surface area contributed by atoms with Crippen LogP contribution in [0.2, 0.25) is 0 Å². The van der Waals surface area contributed by atoms with Crippen molar-refractivity contribution in [2.75, 3.05) is 0 Å². The molecule has 4 atom stereocenters. The Morgan fingerprint density at radius 2 is 1.65 bits per heavy atom. The summed E-state index contributed by atoms with van der Waals surface area (Å²) in [6.07, 6.45) is 19.4. The van der Waals surface area contributed by atoms with E-state index in [1.807, 2.05) is 16.7 Å². The summed E-state index contributed by atoms with van der Waals surface area (Å²) in [5.41, 5.74) is 6.20. The summed E-state index contributed by atoms with van der Waals surface area (Å²) in [6, 6.07) is 0. The molecule has 3 rings (SSSR count). The van der Waals surface area contributed by atoms with Gasteiger partial charge in [0.15, 0.2) is 0 Å². The molecule has 3 aliphatic carbocycles. The van der Waals surface area contributed by atoms with E-state index in [2.05, 4.69) is 33.8 Å². The van der Waals surface area contributed by atoms with Crippen LogP contribution in [0.25, 0.3) is 0 Å². The molecule has 0 radical (unpaired) electrons. The summed E-state index contributed by atoms with van der Waals surface area (Å²) >= 11 is 0. The van der Waals surface area contributed by atoms with Crippen LogP contribution in [0.1, 0.15) is 120 Å². The van der Waals surface area contributed by atoms with Gasteiger partial charge in [0.2, 0.25) is 0 Å². The fourth-order valence-corrected chi connectivity index (χ4v) is 6.61. The monoisotopic (exact) mass is 360 g/mol. The highest BCUT2D eigenvalue weighted by atomic mass is 14.6. The van der Waals surface area contributed by atoms with Crippen LogP contribution >= 0.6 is 0 Å². The lowest BCUT2D eigenvalue weighted by Gasteiger charge is -2.50. The Labute approximate surface area is 165 Å². The number of unbranched alkanes of at least 4 members (excludes halogenated alkanes) is 1. The van der Waals surface area contributed by atoms with Crippen molar-refractivity contribution < 1.29 is 0 Å². The maximum absolute atomic E-state index is 2.63. The molecule has 0 amide bonds. The average Bonchev–Trinajstić information content (AvgIpc) is 2.92. The predicted molar refractivity (Wildman–Crippen MR) is 120 cm³/mol. The van der Waals surface area contributed by atoms with Crippen molar-refractivity contribution in [2.24, 2.45) is 23.2 Å². The Balaban J connectivity index is 0.00000169. The van der Waals surface area contributed by atoms with Crippen LogP contribution in [0.4, 0.5) is 0 Å². The van der Waals surface area contributed by atoms with Gasteiger partial charge in [0.1, 0.15) is 0 Å². The molecule has 0 heteroatoms. The van der Waals surface area contributed by atoms with Gasteiger partial charge >= 0.3 is 0 Å². The van der Waals surface area contributed by atoms with Crippen LogP contribution in [0.15, 0.2) is 22.8 Å². The largest absolute Gasteiger partial charge is 0.0848 e. The average molecular weight is 361 g/mol. The lowest BCUT2D eigenvalue weighted by Crippen LogP contribution is -2.41. The number of hydrogen-bond donors (Lipinski definition) is 0. The first-order valence-electron chi connectivity index (χ1n) is 11.1. The second-order valence-electron chi connectivity index (χ2n) is 9.06. The molecule has 0 heterocycles. The zero-order chi connectivity index (χ0) is 17.2. The molecule has 152 valence electrons. The Morgan fingerprint density at radius 3 is 2.31 bits per heavy atom. The van der Waals surface area contributed by atoms with E-state index < -0.39 is 0 Å². The fourth-order valence-electron chi connectivity index (χ4n) is 6.61. The maximum Gasteiger partial charge on any atom is -0.00850 e. The molecule has 3 aliphatic rings. The van der Waals surface area contributed by atoms with Gasteiger partial charge in [-0.05, 0) is 81.0 Å². The lowest BCUT2D eigenvalue weighted by atomic mass is 9.54. The summed E-state index contributed by atoms with van der Waals surface area (Å²) in [5.74, 6) is 2.93. The molecule has 0 N–H and O–H groups in total. The quantitative estimate of drug-likeness (QED) is 0.414. The second-order valence-corrected chi connectivity index (χ2v) is 9.06.